The molecule has 0 heterocycles. The van der Waals surface area contributed by atoms with Crippen molar-refractivity contribution < 1.29 is 18.1 Å². The van der Waals surface area contributed by atoms with Gasteiger partial charge in [0.25, 0.3) is 0 Å². The minimum absolute atomic E-state index is 0.528. The summed E-state index contributed by atoms with van der Waals surface area (Å²) in [5.74, 6) is 2.40. The molecule has 0 aliphatic heterocycles. The Morgan fingerprint density at radius 1 is 1.46 bits per heavy atom. The van der Waals surface area contributed by atoms with E-state index in [-0.39, 0.29) is 0 Å². The Bertz CT molecular complexity index is 237. The maximum Gasteiger partial charge on any atom is 0.475 e. The van der Waals surface area contributed by atoms with E-state index in [4.69, 9.17) is 10.9 Å². The summed E-state index contributed by atoms with van der Waals surface area (Å²) >= 11 is 0. The zero-order valence-electron chi connectivity index (χ0n) is 8.36. The third-order valence-electron chi connectivity index (χ3n) is 1.74. The van der Waals surface area contributed by atoms with Crippen LogP contribution < -0.4 is 0 Å². The van der Waals surface area contributed by atoms with Gasteiger partial charge >= 0.3 is 7.82 Å². The molecule has 0 bridgehead atoms. The second-order valence-corrected chi connectivity index (χ2v) is 4.44. The van der Waals surface area contributed by atoms with Crippen molar-refractivity contribution in [3.05, 3.63) is 0 Å². The highest BCUT2D eigenvalue weighted by Gasteiger charge is 2.33. The normalized spacial score (nSPS) is 16.2. The predicted octanol–water partition coefficient (Wildman–Crippen LogP) is 2.21. The number of phosphoric acid groups is 1. The third kappa shape index (κ3) is 3.50. The molecular weight excluding hydrogens is 191 g/mol. The first kappa shape index (κ1) is 12.7. The highest BCUT2D eigenvalue weighted by Crippen LogP contribution is 2.51. The summed E-state index contributed by atoms with van der Waals surface area (Å²) in [5, 5.41) is 0. The molecule has 4 nitrogen and oxygen atoms in total. The van der Waals surface area contributed by atoms with Crippen LogP contribution in [0.5, 0.6) is 0 Å². The molecule has 13 heavy (non-hydrogen) atoms. The van der Waals surface area contributed by atoms with Gasteiger partial charge in [-0.3, -0.25) is 13.6 Å². The van der Waals surface area contributed by atoms with Crippen LogP contribution in [0.2, 0.25) is 0 Å². The van der Waals surface area contributed by atoms with Gasteiger partial charge in [-0.1, -0.05) is 12.8 Å². The van der Waals surface area contributed by atoms with E-state index in [2.05, 4.69) is 15.0 Å². The number of rotatable bonds is 5. The van der Waals surface area contributed by atoms with Gasteiger partial charge in [0, 0.05) is 14.2 Å². The first-order chi connectivity index (χ1) is 5.95. The van der Waals surface area contributed by atoms with E-state index in [1.54, 1.807) is 6.92 Å². The van der Waals surface area contributed by atoms with Crippen molar-refractivity contribution in [2.75, 3.05) is 14.2 Å². The lowest BCUT2D eigenvalue weighted by molar-refractivity contribution is 0.0721. The largest absolute Gasteiger partial charge is 0.475 e. The van der Waals surface area contributed by atoms with E-state index in [1.165, 1.54) is 14.2 Å². The summed E-state index contributed by atoms with van der Waals surface area (Å²) < 4.78 is 25.8. The average molecular weight is 206 g/mol. The molecule has 0 aliphatic carbocycles. The standard InChI is InChI=1S/C8H15O4P/c1-6-8(3,7-2)12-13(9,10-4)11-5/h1H,7H2,2-5H3. The Morgan fingerprint density at radius 3 is 2.15 bits per heavy atom. The van der Waals surface area contributed by atoms with Gasteiger partial charge < -0.3 is 0 Å². The lowest BCUT2D eigenvalue weighted by atomic mass is 10.1. The van der Waals surface area contributed by atoms with Crippen LogP contribution in [0.15, 0.2) is 0 Å². The molecule has 0 aliphatic rings. The second kappa shape index (κ2) is 4.78. The molecule has 0 N–H and O–H groups in total. The lowest BCUT2D eigenvalue weighted by Crippen LogP contribution is -2.24. The monoisotopic (exact) mass is 206 g/mol. The molecule has 76 valence electrons. The highest BCUT2D eigenvalue weighted by atomic mass is 31.2. The lowest BCUT2D eigenvalue weighted by Gasteiger charge is -2.25. The SMILES string of the molecule is C#CC(C)(CC)OP(=O)(OC)OC. The molecule has 0 aromatic heterocycles. The van der Waals surface area contributed by atoms with Crippen LogP contribution in [-0.4, -0.2) is 19.8 Å². The molecular formula is C8H15O4P. The molecule has 1 atom stereocenters. The summed E-state index contributed by atoms with van der Waals surface area (Å²) in [4.78, 5) is 0. The summed E-state index contributed by atoms with van der Waals surface area (Å²) in [6.45, 7) is 3.48. The van der Waals surface area contributed by atoms with Crippen LogP contribution in [0.1, 0.15) is 20.3 Å². The van der Waals surface area contributed by atoms with Crippen LogP contribution in [0, 0.1) is 12.3 Å². The molecule has 5 heteroatoms. The first-order valence-electron chi connectivity index (χ1n) is 3.85. The van der Waals surface area contributed by atoms with Crippen molar-refractivity contribution >= 4 is 7.82 Å². The zero-order chi connectivity index (χ0) is 10.5. The minimum atomic E-state index is -3.48. The fourth-order valence-corrected chi connectivity index (χ4v) is 1.56. The number of hydrogen-bond donors (Lipinski definition) is 0. The van der Waals surface area contributed by atoms with E-state index in [9.17, 15) is 4.57 Å². The van der Waals surface area contributed by atoms with Crippen molar-refractivity contribution in [2.45, 2.75) is 25.9 Å². The molecule has 0 saturated carbocycles. The first-order valence-corrected chi connectivity index (χ1v) is 5.31. The van der Waals surface area contributed by atoms with E-state index in [0.717, 1.165) is 0 Å². The van der Waals surface area contributed by atoms with E-state index >= 15 is 0 Å². The second-order valence-electron chi connectivity index (χ2n) is 2.63. The van der Waals surface area contributed by atoms with Gasteiger partial charge in [-0.25, -0.2) is 4.57 Å². The molecule has 0 rings (SSSR count). The molecule has 1 unspecified atom stereocenters. The topological polar surface area (TPSA) is 44.8 Å². The number of hydrogen-bond acceptors (Lipinski definition) is 4. The smallest absolute Gasteiger partial charge is 0.290 e. The van der Waals surface area contributed by atoms with E-state index < -0.39 is 13.4 Å². The van der Waals surface area contributed by atoms with E-state index in [1.807, 2.05) is 6.92 Å². The van der Waals surface area contributed by atoms with Gasteiger partial charge in [-0.2, -0.15) is 0 Å². The third-order valence-corrected chi connectivity index (χ3v) is 3.26. The Hall–Kier alpha value is -0.330. The number of phosphoric ester groups is 1. The molecule has 0 aromatic rings. The summed E-state index contributed by atoms with van der Waals surface area (Å²) in [6.07, 6.45) is 5.75. The summed E-state index contributed by atoms with van der Waals surface area (Å²) in [7, 11) is -0.984. The zero-order valence-corrected chi connectivity index (χ0v) is 9.26. The van der Waals surface area contributed by atoms with Gasteiger partial charge in [0.05, 0.1) is 0 Å². The van der Waals surface area contributed by atoms with Crippen molar-refractivity contribution in [3.8, 4) is 12.3 Å². The van der Waals surface area contributed by atoms with Crippen LogP contribution in [0.4, 0.5) is 0 Å². The van der Waals surface area contributed by atoms with Crippen molar-refractivity contribution in [1.29, 1.82) is 0 Å². The molecule has 0 spiro atoms. The molecule has 0 amide bonds. The van der Waals surface area contributed by atoms with E-state index in [0.29, 0.717) is 6.42 Å². The number of terminal acetylenes is 1. The van der Waals surface area contributed by atoms with Gasteiger partial charge in [0.1, 0.15) is 5.60 Å². The molecule has 0 aromatic carbocycles. The predicted molar refractivity (Wildman–Crippen MR) is 50.2 cm³/mol. The van der Waals surface area contributed by atoms with Gasteiger partial charge in [-0.05, 0) is 13.3 Å². The van der Waals surface area contributed by atoms with Crippen LogP contribution in [0.25, 0.3) is 0 Å². The van der Waals surface area contributed by atoms with Crippen LogP contribution >= 0.6 is 7.82 Å². The molecule has 0 radical (unpaired) electrons. The summed E-state index contributed by atoms with van der Waals surface area (Å²) in [6, 6.07) is 0. The van der Waals surface area contributed by atoms with Crippen molar-refractivity contribution in [3.63, 3.8) is 0 Å². The van der Waals surface area contributed by atoms with Gasteiger partial charge in [0.2, 0.25) is 0 Å². The fourth-order valence-electron chi connectivity index (χ4n) is 0.589. The maximum atomic E-state index is 11.5. The Morgan fingerprint density at radius 2 is 1.92 bits per heavy atom. The minimum Gasteiger partial charge on any atom is -0.290 e. The van der Waals surface area contributed by atoms with Crippen molar-refractivity contribution in [2.24, 2.45) is 0 Å². The highest BCUT2D eigenvalue weighted by molar-refractivity contribution is 7.48. The van der Waals surface area contributed by atoms with Gasteiger partial charge in [0.15, 0.2) is 0 Å². The van der Waals surface area contributed by atoms with Crippen LogP contribution in [-0.2, 0) is 18.1 Å². The Balaban J connectivity index is 4.59. The maximum absolute atomic E-state index is 11.5. The van der Waals surface area contributed by atoms with Gasteiger partial charge in [-0.15, -0.1) is 6.42 Å². The average Bonchev–Trinajstić information content (AvgIpc) is 2.17. The fraction of sp³-hybridized carbons (Fsp3) is 0.750. The summed E-state index contributed by atoms with van der Waals surface area (Å²) in [5.41, 5.74) is -0.915. The molecule has 0 saturated heterocycles. The Kier molecular flexibility index (Phi) is 4.66. The quantitative estimate of drug-likeness (QED) is 0.511. The van der Waals surface area contributed by atoms with Crippen LogP contribution in [0.3, 0.4) is 0 Å². The Labute approximate surface area is 79.2 Å². The van der Waals surface area contributed by atoms with Crippen molar-refractivity contribution in [1.82, 2.24) is 0 Å². The molecule has 0 fully saturated rings.